The summed E-state index contributed by atoms with van der Waals surface area (Å²) in [7, 11) is 0. The molecule has 2 N–H and O–H groups in total. The van der Waals surface area contributed by atoms with Crippen LogP contribution in [-0.4, -0.2) is 30.5 Å². The largest absolute Gasteiger partial charge is 0.352 e. The lowest BCUT2D eigenvalue weighted by Gasteiger charge is -2.22. The predicted molar refractivity (Wildman–Crippen MR) is 71.5 cm³/mol. The first-order valence-electron chi connectivity index (χ1n) is 6.68. The average molecular weight is 247 g/mol. The molecule has 18 heavy (non-hydrogen) atoms. The Hall–Kier alpha value is -1.42. The lowest BCUT2D eigenvalue weighted by Crippen LogP contribution is -2.33. The van der Waals surface area contributed by atoms with Gasteiger partial charge in [-0.05, 0) is 57.3 Å². The maximum Gasteiger partial charge on any atom is 0.253 e. The first kappa shape index (κ1) is 13.0. The molecule has 0 spiro atoms. The molecule has 1 aromatic heterocycles. The normalized spacial score (nSPS) is 19.5. The molecule has 2 rings (SSSR count). The number of carbonyl (C=O) groups excluding carboxylic acids is 1. The number of amides is 1. The van der Waals surface area contributed by atoms with Gasteiger partial charge in [0.15, 0.2) is 0 Å². The number of aryl methyl sites for hydroxylation is 1. The van der Waals surface area contributed by atoms with Crippen LogP contribution >= 0.6 is 0 Å². The predicted octanol–water partition coefficient (Wildman–Crippen LogP) is 1.51. The van der Waals surface area contributed by atoms with Crippen LogP contribution in [0.25, 0.3) is 0 Å². The summed E-state index contributed by atoms with van der Waals surface area (Å²) < 4.78 is 0. The zero-order valence-electron chi connectivity index (χ0n) is 10.9. The third-order valence-corrected chi connectivity index (χ3v) is 3.49. The van der Waals surface area contributed by atoms with Gasteiger partial charge in [0.1, 0.15) is 0 Å². The van der Waals surface area contributed by atoms with Crippen LogP contribution < -0.4 is 10.6 Å². The Balaban J connectivity index is 1.76. The van der Waals surface area contributed by atoms with Gasteiger partial charge in [-0.1, -0.05) is 0 Å². The van der Waals surface area contributed by atoms with Crippen molar-refractivity contribution >= 4 is 5.91 Å². The van der Waals surface area contributed by atoms with E-state index in [0.29, 0.717) is 11.5 Å². The van der Waals surface area contributed by atoms with Crippen LogP contribution in [0.2, 0.25) is 0 Å². The minimum atomic E-state index is -0.00984. The van der Waals surface area contributed by atoms with Gasteiger partial charge in [-0.2, -0.15) is 0 Å². The summed E-state index contributed by atoms with van der Waals surface area (Å²) >= 11 is 0. The van der Waals surface area contributed by atoms with Gasteiger partial charge in [-0.15, -0.1) is 0 Å². The van der Waals surface area contributed by atoms with Gasteiger partial charge in [-0.3, -0.25) is 9.78 Å². The number of carbonyl (C=O) groups is 1. The van der Waals surface area contributed by atoms with Gasteiger partial charge in [0.25, 0.3) is 5.91 Å². The highest BCUT2D eigenvalue weighted by Gasteiger charge is 2.13. The van der Waals surface area contributed by atoms with Gasteiger partial charge in [0.2, 0.25) is 0 Å². The lowest BCUT2D eigenvalue weighted by atomic mass is 9.96. The molecule has 1 amide bonds. The van der Waals surface area contributed by atoms with Crippen LogP contribution in [-0.2, 0) is 0 Å². The summed E-state index contributed by atoms with van der Waals surface area (Å²) in [6.07, 6.45) is 5.28. The van der Waals surface area contributed by atoms with Gasteiger partial charge in [0.05, 0.1) is 5.56 Å². The standard InChI is InChI=1S/C14H21N3O/c1-11-13(5-3-8-16-11)14(18)17-9-6-12-4-2-7-15-10-12/h3,5,8,12,15H,2,4,6-7,9-10H2,1H3,(H,17,18). The minimum absolute atomic E-state index is 0.00984. The second-order valence-electron chi connectivity index (χ2n) is 4.89. The van der Waals surface area contributed by atoms with E-state index in [4.69, 9.17) is 0 Å². The number of piperidine rings is 1. The highest BCUT2D eigenvalue weighted by molar-refractivity contribution is 5.95. The fourth-order valence-electron chi connectivity index (χ4n) is 2.38. The maximum atomic E-state index is 11.9. The summed E-state index contributed by atoms with van der Waals surface area (Å²) in [5.41, 5.74) is 1.47. The second-order valence-corrected chi connectivity index (χ2v) is 4.89. The zero-order valence-corrected chi connectivity index (χ0v) is 10.9. The molecule has 0 saturated carbocycles. The minimum Gasteiger partial charge on any atom is -0.352 e. The molecule has 1 unspecified atom stereocenters. The van der Waals surface area contributed by atoms with E-state index in [1.54, 1.807) is 12.3 Å². The molecule has 0 aliphatic carbocycles. The molecular formula is C14H21N3O. The van der Waals surface area contributed by atoms with Crippen molar-refractivity contribution in [3.63, 3.8) is 0 Å². The summed E-state index contributed by atoms with van der Waals surface area (Å²) in [5, 5.41) is 6.37. The molecular weight excluding hydrogens is 226 g/mol. The Kier molecular flexibility index (Phi) is 4.70. The van der Waals surface area contributed by atoms with Crippen molar-refractivity contribution in [2.75, 3.05) is 19.6 Å². The van der Waals surface area contributed by atoms with Gasteiger partial charge in [-0.25, -0.2) is 0 Å². The molecule has 98 valence electrons. The Morgan fingerprint density at radius 2 is 2.50 bits per heavy atom. The Labute approximate surface area is 108 Å². The molecule has 1 fully saturated rings. The Bertz CT molecular complexity index is 400. The summed E-state index contributed by atoms with van der Waals surface area (Å²) in [5.74, 6) is 0.693. The number of hydrogen-bond donors (Lipinski definition) is 2. The number of hydrogen-bond acceptors (Lipinski definition) is 3. The van der Waals surface area contributed by atoms with Crippen LogP contribution in [0.15, 0.2) is 18.3 Å². The van der Waals surface area contributed by atoms with Crippen molar-refractivity contribution in [3.05, 3.63) is 29.6 Å². The van der Waals surface area contributed by atoms with Crippen molar-refractivity contribution in [1.82, 2.24) is 15.6 Å². The van der Waals surface area contributed by atoms with Crippen molar-refractivity contribution in [2.45, 2.75) is 26.2 Å². The molecule has 0 radical (unpaired) electrons. The van der Waals surface area contributed by atoms with E-state index in [0.717, 1.165) is 31.7 Å². The summed E-state index contributed by atoms with van der Waals surface area (Å²) in [6.45, 7) is 4.83. The van der Waals surface area contributed by atoms with E-state index in [1.807, 2.05) is 13.0 Å². The molecule has 2 heterocycles. The monoisotopic (exact) mass is 247 g/mol. The van der Waals surface area contributed by atoms with Crippen LogP contribution in [0, 0.1) is 12.8 Å². The van der Waals surface area contributed by atoms with Crippen LogP contribution in [0.1, 0.15) is 35.3 Å². The quantitative estimate of drug-likeness (QED) is 0.848. The van der Waals surface area contributed by atoms with E-state index in [-0.39, 0.29) is 5.91 Å². The van der Waals surface area contributed by atoms with Crippen molar-refractivity contribution in [2.24, 2.45) is 5.92 Å². The third-order valence-electron chi connectivity index (χ3n) is 3.49. The van der Waals surface area contributed by atoms with E-state index >= 15 is 0 Å². The third kappa shape index (κ3) is 3.53. The highest BCUT2D eigenvalue weighted by atomic mass is 16.1. The SMILES string of the molecule is Cc1ncccc1C(=O)NCCC1CCCNC1. The molecule has 4 heteroatoms. The van der Waals surface area contributed by atoms with E-state index < -0.39 is 0 Å². The van der Waals surface area contributed by atoms with Gasteiger partial charge in [0, 0.05) is 18.4 Å². The molecule has 1 aromatic rings. The molecule has 1 atom stereocenters. The Morgan fingerprint density at radius 1 is 1.61 bits per heavy atom. The zero-order chi connectivity index (χ0) is 12.8. The van der Waals surface area contributed by atoms with Gasteiger partial charge < -0.3 is 10.6 Å². The van der Waals surface area contributed by atoms with Crippen molar-refractivity contribution in [1.29, 1.82) is 0 Å². The number of rotatable bonds is 4. The first-order chi connectivity index (χ1) is 8.77. The molecule has 1 saturated heterocycles. The van der Waals surface area contributed by atoms with E-state index in [9.17, 15) is 4.79 Å². The smallest absolute Gasteiger partial charge is 0.253 e. The van der Waals surface area contributed by atoms with Crippen LogP contribution in [0.5, 0.6) is 0 Å². The fourth-order valence-corrected chi connectivity index (χ4v) is 2.38. The lowest BCUT2D eigenvalue weighted by molar-refractivity contribution is 0.0949. The van der Waals surface area contributed by atoms with E-state index in [1.165, 1.54) is 12.8 Å². The molecule has 0 bridgehead atoms. The van der Waals surface area contributed by atoms with E-state index in [2.05, 4.69) is 15.6 Å². The first-order valence-corrected chi connectivity index (χ1v) is 6.68. The molecule has 1 aliphatic heterocycles. The number of nitrogens with one attached hydrogen (secondary N) is 2. The fraction of sp³-hybridized carbons (Fsp3) is 0.571. The van der Waals surface area contributed by atoms with Gasteiger partial charge >= 0.3 is 0 Å². The van der Waals surface area contributed by atoms with Crippen LogP contribution in [0.4, 0.5) is 0 Å². The highest BCUT2D eigenvalue weighted by Crippen LogP contribution is 2.13. The molecule has 1 aliphatic rings. The Morgan fingerprint density at radius 3 is 3.22 bits per heavy atom. The van der Waals surface area contributed by atoms with Crippen LogP contribution in [0.3, 0.4) is 0 Å². The van der Waals surface area contributed by atoms with Crippen molar-refractivity contribution < 1.29 is 4.79 Å². The topological polar surface area (TPSA) is 54.0 Å². The van der Waals surface area contributed by atoms with Crippen molar-refractivity contribution in [3.8, 4) is 0 Å². The summed E-state index contributed by atoms with van der Waals surface area (Å²) in [6, 6.07) is 3.62. The maximum absolute atomic E-state index is 11.9. The average Bonchev–Trinajstić information content (AvgIpc) is 2.40. The number of pyridine rings is 1. The molecule has 0 aromatic carbocycles. The number of aromatic nitrogens is 1. The molecule has 4 nitrogen and oxygen atoms in total. The second kappa shape index (κ2) is 6.50. The number of nitrogens with zero attached hydrogens (tertiary/aromatic N) is 1. The summed E-state index contributed by atoms with van der Waals surface area (Å²) in [4.78, 5) is 16.1.